The van der Waals surface area contributed by atoms with Gasteiger partial charge in [-0.1, -0.05) is 44.2 Å². The molecule has 35 heavy (non-hydrogen) atoms. The molecule has 0 aliphatic rings. The zero-order valence-electron chi connectivity index (χ0n) is 20.0. The highest BCUT2D eigenvalue weighted by molar-refractivity contribution is 7.89. The first-order valence-corrected chi connectivity index (χ1v) is 13.5. The summed E-state index contributed by atoms with van der Waals surface area (Å²) in [5, 5.41) is 12.9. The molecule has 0 unspecified atom stereocenters. The molecule has 0 aliphatic heterocycles. The van der Waals surface area contributed by atoms with E-state index in [1.807, 2.05) is 62.5 Å². The summed E-state index contributed by atoms with van der Waals surface area (Å²) in [5.41, 5.74) is 1.83. The van der Waals surface area contributed by atoms with Gasteiger partial charge < -0.3 is 4.90 Å². The van der Waals surface area contributed by atoms with Crippen LogP contribution in [0.2, 0.25) is 0 Å². The Morgan fingerprint density at radius 1 is 1.03 bits per heavy atom. The van der Waals surface area contributed by atoms with Crippen molar-refractivity contribution < 1.29 is 18.1 Å². The van der Waals surface area contributed by atoms with Gasteiger partial charge in [-0.15, -0.1) is 11.3 Å². The number of amides is 1. The molecule has 1 aromatic heterocycles. The van der Waals surface area contributed by atoms with Crippen molar-refractivity contribution in [3.8, 4) is 0 Å². The molecule has 0 saturated carbocycles. The van der Waals surface area contributed by atoms with Gasteiger partial charge in [-0.05, 0) is 47.5 Å². The first kappa shape index (κ1) is 26.5. The number of rotatable bonds is 11. The van der Waals surface area contributed by atoms with Crippen LogP contribution in [-0.4, -0.2) is 41.5 Å². The zero-order valence-corrected chi connectivity index (χ0v) is 21.6. The predicted octanol–water partition coefficient (Wildman–Crippen LogP) is 4.84. The van der Waals surface area contributed by atoms with Crippen LogP contribution < -0.4 is 0 Å². The molecular formula is C25H29N3O5S2. The van der Waals surface area contributed by atoms with Crippen LogP contribution in [-0.2, 0) is 27.9 Å². The highest BCUT2D eigenvalue weighted by Crippen LogP contribution is 2.23. The molecule has 0 atom stereocenters. The summed E-state index contributed by atoms with van der Waals surface area (Å²) in [4.78, 5) is 26.5. The maximum atomic E-state index is 13.5. The fourth-order valence-electron chi connectivity index (χ4n) is 3.57. The van der Waals surface area contributed by atoms with Crippen LogP contribution in [0.25, 0.3) is 0 Å². The van der Waals surface area contributed by atoms with Crippen LogP contribution in [0.15, 0.2) is 70.9 Å². The normalized spacial score (nSPS) is 11.7. The number of hydrogen-bond acceptors (Lipinski definition) is 6. The zero-order chi connectivity index (χ0) is 25.6. The molecule has 10 heteroatoms. The number of carbonyl (C=O) groups excluding carboxylic acids is 1. The number of non-ortho nitro benzene ring substituents is 1. The van der Waals surface area contributed by atoms with E-state index in [2.05, 4.69) is 0 Å². The maximum Gasteiger partial charge on any atom is 0.269 e. The molecule has 3 rings (SSSR count). The lowest BCUT2D eigenvalue weighted by atomic mass is 10.2. The van der Waals surface area contributed by atoms with Gasteiger partial charge in [0.1, 0.15) is 0 Å². The lowest BCUT2D eigenvalue weighted by Crippen LogP contribution is -2.43. The van der Waals surface area contributed by atoms with Crippen LogP contribution in [0.3, 0.4) is 0 Å². The first-order chi connectivity index (χ1) is 16.6. The Labute approximate surface area is 210 Å². The number of nitro benzene ring substituents is 1. The van der Waals surface area contributed by atoms with Gasteiger partial charge in [0.15, 0.2) is 0 Å². The lowest BCUT2D eigenvalue weighted by molar-refractivity contribution is -0.384. The highest BCUT2D eigenvalue weighted by atomic mass is 32.2. The monoisotopic (exact) mass is 515 g/mol. The molecule has 0 fully saturated rings. The van der Waals surface area contributed by atoms with Gasteiger partial charge >= 0.3 is 0 Å². The van der Waals surface area contributed by atoms with Gasteiger partial charge in [0.2, 0.25) is 15.9 Å². The quantitative estimate of drug-likeness (QED) is 0.269. The molecule has 0 bridgehead atoms. The van der Waals surface area contributed by atoms with Gasteiger partial charge in [0, 0.05) is 30.1 Å². The predicted molar refractivity (Wildman–Crippen MR) is 136 cm³/mol. The van der Waals surface area contributed by atoms with Gasteiger partial charge in [0.25, 0.3) is 5.69 Å². The largest absolute Gasteiger partial charge is 0.332 e. The smallest absolute Gasteiger partial charge is 0.269 e. The Kier molecular flexibility index (Phi) is 8.76. The molecule has 0 N–H and O–H groups in total. The number of carbonyl (C=O) groups is 1. The van der Waals surface area contributed by atoms with Gasteiger partial charge in [-0.25, -0.2) is 8.42 Å². The van der Waals surface area contributed by atoms with Crippen molar-refractivity contribution in [3.05, 3.63) is 92.2 Å². The minimum absolute atomic E-state index is 0.0299. The molecule has 1 heterocycles. The van der Waals surface area contributed by atoms with Crippen LogP contribution in [0.5, 0.6) is 0 Å². The minimum Gasteiger partial charge on any atom is -0.332 e. The maximum absolute atomic E-state index is 13.5. The Hall–Kier alpha value is -3.08. The fraction of sp³-hybridized carbons (Fsp3) is 0.320. The number of thiophene rings is 1. The van der Waals surface area contributed by atoms with Crippen molar-refractivity contribution in [2.24, 2.45) is 5.92 Å². The molecule has 0 saturated heterocycles. The number of hydrogen-bond donors (Lipinski definition) is 0. The average molecular weight is 516 g/mol. The molecule has 3 aromatic rings. The second-order valence-corrected chi connectivity index (χ2v) is 11.6. The van der Waals surface area contributed by atoms with E-state index in [1.54, 1.807) is 16.2 Å². The number of nitrogens with zero attached hydrogens (tertiary/aromatic N) is 3. The summed E-state index contributed by atoms with van der Waals surface area (Å²) in [7, 11) is -4.04. The van der Waals surface area contributed by atoms with E-state index < -0.39 is 14.9 Å². The third kappa shape index (κ3) is 6.97. The fourth-order valence-corrected chi connectivity index (χ4v) is 6.04. The Bertz CT molecular complexity index is 1260. The summed E-state index contributed by atoms with van der Waals surface area (Å²) < 4.78 is 28.0. The molecule has 2 aromatic carbocycles. The Morgan fingerprint density at radius 3 is 2.23 bits per heavy atom. The summed E-state index contributed by atoms with van der Waals surface area (Å²) in [6.45, 7) is 6.28. The second kappa shape index (κ2) is 11.6. The molecule has 8 nitrogen and oxygen atoms in total. The van der Waals surface area contributed by atoms with Crippen LogP contribution in [0.1, 0.15) is 29.9 Å². The highest BCUT2D eigenvalue weighted by Gasteiger charge is 2.30. The van der Waals surface area contributed by atoms with E-state index >= 15 is 0 Å². The van der Waals surface area contributed by atoms with E-state index in [-0.39, 0.29) is 35.5 Å². The van der Waals surface area contributed by atoms with E-state index in [4.69, 9.17) is 0 Å². The van der Waals surface area contributed by atoms with Gasteiger partial charge in [-0.2, -0.15) is 4.31 Å². The lowest BCUT2D eigenvalue weighted by Gasteiger charge is -2.28. The number of aryl methyl sites for hydroxylation is 1. The average Bonchev–Trinajstić information content (AvgIpc) is 3.22. The van der Waals surface area contributed by atoms with E-state index in [0.29, 0.717) is 13.1 Å². The van der Waals surface area contributed by atoms with Crippen molar-refractivity contribution in [1.82, 2.24) is 9.21 Å². The topological polar surface area (TPSA) is 101 Å². The Morgan fingerprint density at radius 2 is 1.69 bits per heavy atom. The number of benzene rings is 2. The molecule has 0 spiro atoms. The molecule has 0 radical (unpaired) electrons. The second-order valence-electron chi connectivity index (χ2n) is 8.70. The van der Waals surface area contributed by atoms with E-state index in [0.717, 1.165) is 28.1 Å². The van der Waals surface area contributed by atoms with Crippen molar-refractivity contribution in [1.29, 1.82) is 0 Å². The third-order valence-corrected chi connectivity index (χ3v) is 8.27. The molecule has 1 amide bonds. The summed E-state index contributed by atoms with van der Waals surface area (Å²) in [5.74, 6) is -0.342. The van der Waals surface area contributed by atoms with Crippen LogP contribution >= 0.6 is 11.3 Å². The Balaban J connectivity index is 1.89. The molecule has 0 aliphatic carbocycles. The van der Waals surface area contributed by atoms with Crippen molar-refractivity contribution >= 4 is 33.0 Å². The van der Waals surface area contributed by atoms with Crippen molar-refractivity contribution in [2.45, 2.75) is 38.8 Å². The summed E-state index contributed by atoms with van der Waals surface area (Å²) in [6, 6.07) is 16.3. The number of sulfonamides is 1. The standard InChI is InChI=1S/C25H29N3O5S2/c1-19(2)15-27(35(32,33)23-11-9-22(10-12-23)28(30)31)18-25(29)26(16-21-7-5-4-6-8-21)17-24-20(3)13-14-34-24/h4-14,19H,15-18H2,1-3H3. The molecular weight excluding hydrogens is 486 g/mol. The SMILES string of the molecule is Cc1ccsc1CN(Cc1ccccc1)C(=O)CN(CC(C)C)S(=O)(=O)c1ccc([N+](=O)[O-])cc1. The third-order valence-electron chi connectivity index (χ3n) is 5.44. The first-order valence-electron chi connectivity index (χ1n) is 11.2. The van der Waals surface area contributed by atoms with E-state index in [1.165, 1.54) is 16.4 Å². The minimum atomic E-state index is -4.04. The van der Waals surface area contributed by atoms with Gasteiger partial charge in [0.05, 0.1) is 22.9 Å². The van der Waals surface area contributed by atoms with Crippen molar-refractivity contribution in [3.63, 3.8) is 0 Å². The van der Waals surface area contributed by atoms with Crippen LogP contribution in [0.4, 0.5) is 5.69 Å². The summed E-state index contributed by atoms with van der Waals surface area (Å²) >= 11 is 1.56. The number of nitro groups is 1. The molecule has 186 valence electrons. The van der Waals surface area contributed by atoms with Crippen molar-refractivity contribution in [2.75, 3.05) is 13.1 Å². The van der Waals surface area contributed by atoms with Gasteiger partial charge in [-0.3, -0.25) is 14.9 Å². The van der Waals surface area contributed by atoms with Crippen LogP contribution in [0, 0.1) is 23.0 Å². The van der Waals surface area contributed by atoms with E-state index in [9.17, 15) is 23.3 Å². The summed E-state index contributed by atoms with van der Waals surface area (Å²) in [6.07, 6.45) is 0.